The van der Waals surface area contributed by atoms with E-state index in [9.17, 15) is 25.0 Å². The number of hydrogen-bond acceptors (Lipinski definition) is 9. The van der Waals surface area contributed by atoms with Gasteiger partial charge in [-0.2, -0.15) is 6.54 Å². The van der Waals surface area contributed by atoms with E-state index in [1.165, 1.54) is 12.1 Å². The van der Waals surface area contributed by atoms with Gasteiger partial charge in [-0.25, -0.2) is 0 Å². The molecule has 0 spiro atoms. The average Bonchev–Trinajstić information content (AvgIpc) is 2.73. The minimum atomic E-state index is -2.63. The number of hydroxylamine groups is 2. The maximum Gasteiger partial charge on any atom is 1.00 e. The number of ether oxygens (including phenoxy) is 1. The zero-order chi connectivity index (χ0) is 21.2. The van der Waals surface area contributed by atoms with Gasteiger partial charge in [0.25, 0.3) is 0 Å². The van der Waals surface area contributed by atoms with E-state index in [-0.39, 0.29) is 88.8 Å². The molecule has 0 saturated heterocycles. The van der Waals surface area contributed by atoms with Gasteiger partial charge in [0.2, 0.25) is 5.66 Å². The van der Waals surface area contributed by atoms with Gasteiger partial charge < -0.3 is 21.2 Å². The zero-order valence-corrected chi connectivity index (χ0v) is 21.1. The number of amidine groups is 1. The van der Waals surface area contributed by atoms with Gasteiger partial charge in [-0.05, 0) is 17.8 Å². The Hall–Kier alpha value is -1.16. The van der Waals surface area contributed by atoms with E-state index in [0.717, 1.165) is 7.11 Å². The molecule has 0 aromatic heterocycles. The Bertz CT molecular complexity index is 683. The van der Waals surface area contributed by atoms with Crippen molar-refractivity contribution in [2.75, 3.05) is 13.7 Å². The third kappa shape index (κ3) is 7.83. The van der Waals surface area contributed by atoms with Crippen molar-refractivity contribution in [2.45, 2.75) is 31.0 Å². The molecular formula is C15H21N7Na2O6. The van der Waals surface area contributed by atoms with E-state index in [2.05, 4.69) is 20.3 Å². The smallest absolute Gasteiger partial charge is 0.677 e. The number of carbonyl (C=O) groups is 1. The topological polar surface area (TPSA) is 192 Å². The summed E-state index contributed by atoms with van der Waals surface area (Å²) < 4.78 is 4.60. The summed E-state index contributed by atoms with van der Waals surface area (Å²) in [4.78, 5) is 37.7. The Kier molecular flexibility index (Phi) is 16.1. The first-order valence-corrected chi connectivity index (χ1v) is 8.08. The van der Waals surface area contributed by atoms with Gasteiger partial charge in [0.05, 0.1) is 23.7 Å². The number of nitrogens with one attached hydrogen (secondary N) is 2. The van der Waals surface area contributed by atoms with Crippen LogP contribution in [0, 0.1) is 9.81 Å². The molecule has 0 aliphatic carbocycles. The zero-order valence-electron chi connectivity index (χ0n) is 17.1. The monoisotopic (exact) mass is 441 g/mol. The number of carbonyl (C=O) groups excluding carboxylic acids is 1. The van der Waals surface area contributed by atoms with Crippen molar-refractivity contribution in [3.05, 3.63) is 57.2 Å². The van der Waals surface area contributed by atoms with E-state index < -0.39 is 29.9 Å². The maximum atomic E-state index is 11.9. The Balaban J connectivity index is 0. The predicted molar refractivity (Wildman–Crippen MR) is 97.7 cm³/mol. The molecule has 1 aromatic rings. The van der Waals surface area contributed by atoms with Gasteiger partial charge in [0.15, 0.2) is 0 Å². The molecule has 4 N–H and O–H groups in total. The Morgan fingerprint density at radius 2 is 1.70 bits per heavy atom. The van der Waals surface area contributed by atoms with Crippen LogP contribution in [0.5, 0.6) is 0 Å². The largest absolute Gasteiger partial charge is 1.00 e. The number of aliphatic imine (C=N–C) groups is 1. The number of esters is 1. The van der Waals surface area contributed by atoms with Gasteiger partial charge in [-0.1, -0.05) is 36.8 Å². The molecule has 154 valence electrons. The molecule has 0 heterocycles. The van der Waals surface area contributed by atoms with Crippen molar-refractivity contribution in [1.29, 1.82) is 0 Å². The molecule has 1 rings (SSSR count). The van der Waals surface area contributed by atoms with Gasteiger partial charge in [-0.3, -0.25) is 15.2 Å². The van der Waals surface area contributed by atoms with Crippen LogP contribution in [0.1, 0.15) is 18.4 Å². The second-order valence-electron chi connectivity index (χ2n) is 5.63. The second-order valence-corrected chi connectivity index (χ2v) is 5.63. The Labute approximate surface area is 217 Å². The standard InChI is InChI=1S/C15H21N7O6.2Na/c1-28-13(23)12(8-5-9-16)18-14(17)15(21(26)19-24,22(27)20-25)10-11-6-3-2-4-7-11;;/h2-4,6-7,12,16,26-27H,5,8-10H2,1H3,(H-,17,18);;/q-2;2*+1. The van der Waals surface area contributed by atoms with Crippen molar-refractivity contribution < 1.29 is 79.1 Å². The Morgan fingerprint density at radius 3 is 2.13 bits per heavy atom. The summed E-state index contributed by atoms with van der Waals surface area (Å²) in [6.45, 7) is -0.0183. The van der Waals surface area contributed by atoms with Crippen LogP contribution in [0.4, 0.5) is 0 Å². The molecular weight excluding hydrogens is 420 g/mol. The first kappa shape index (κ1) is 31.0. The summed E-state index contributed by atoms with van der Waals surface area (Å²) in [7, 11) is 1.10. The van der Waals surface area contributed by atoms with Crippen molar-refractivity contribution >= 4 is 11.8 Å². The quantitative estimate of drug-likeness (QED) is 0.0634. The molecule has 0 radical (unpaired) electrons. The molecule has 1 atom stereocenters. The molecule has 1 aromatic carbocycles. The van der Waals surface area contributed by atoms with Crippen LogP contribution < -0.4 is 59.1 Å². The normalized spacial score (nSPS) is 11.9. The molecule has 0 bridgehead atoms. The van der Waals surface area contributed by atoms with Crippen LogP contribution in [-0.2, 0) is 16.0 Å². The van der Waals surface area contributed by atoms with Crippen molar-refractivity contribution in [3.8, 4) is 0 Å². The minimum Gasteiger partial charge on any atom is -0.677 e. The number of rotatable bonds is 12. The first-order valence-electron chi connectivity index (χ1n) is 8.08. The number of nitroso groups, excluding NO2 is 2. The van der Waals surface area contributed by atoms with E-state index in [1.807, 2.05) is 0 Å². The fourth-order valence-corrected chi connectivity index (χ4v) is 2.44. The molecule has 15 heteroatoms. The van der Waals surface area contributed by atoms with Crippen molar-refractivity contribution in [2.24, 2.45) is 15.6 Å². The van der Waals surface area contributed by atoms with E-state index >= 15 is 0 Å². The summed E-state index contributed by atoms with van der Waals surface area (Å²) in [6, 6.07) is 6.71. The summed E-state index contributed by atoms with van der Waals surface area (Å²) in [5, 5.41) is 23.8. The average molecular weight is 441 g/mol. The molecule has 0 saturated carbocycles. The molecule has 30 heavy (non-hydrogen) atoms. The van der Waals surface area contributed by atoms with Crippen LogP contribution in [0.15, 0.2) is 45.9 Å². The predicted octanol–water partition coefficient (Wildman–Crippen LogP) is -3.50. The van der Waals surface area contributed by atoms with Crippen molar-refractivity contribution in [1.82, 2.24) is 10.3 Å². The van der Waals surface area contributed by atoms with E-state index in [1.54, 1.807) is 18.2 Å². The van der Waals surface area contributed by atoms with Crippen LogP contribution in [0.2, 0.25) is 0 Å². The van der Waals surface area contributed by atoms with Gasteiger partial charge in [0.1, 0.15) is 0 Å². The fraction of sp³-hybridized carbons (Fsp3) is 0.467. The van der Waals surface area contributed by atoms with E-state index in [4.69, 9.17) is 11.5 Å². The summed E-state index contributed by atoms with van der Waals surface area (Å²) in [5.74, 6) is -1.78. The molecule has 0 aliphatic heterocycles. The molecule has 0 fully saturated rings. The number of nitrogens with zero attached hydrogens (tertiary/aromatic N) is 5. The molecule has 0 amide bonds. The summed E-state index contributed by atoms with van der Waals surface area (Å²) >= 11 is 0. The minimum absolute atomic E-state index is 0. The van der Waals surface area contributed by atoms with Gasteiger partial charge in [-0.15, -0.1) is 20.2 Å². The molecule has 13 nitrogen and oxygen atoms in total. The van der Waals surface area contributed by atoms with Gasteiger partial charge in [0, 0.05) is 6.42 Å². The number of benzene rings is 1. The van der Waals surface area contributed by atoms with Gasteiger partial charge >= 0.3 is 65.1 Å². The first-order chi connectivity index (χ1) is 13.4. The molecule has 1 unspecified atom stereocenters. The Morgan fingerprint density at radius 1 is 1.17 bits per heavy atom. The van der Waals surface area contributed by atoms with Crippen LogP contribution in [0.25, 0.3) is 11.5 Å². The van der Waals surface area contributed by atoms with Crippen LogP contribution in [-0.4, -0.2) is 57.9 Å². The number of methoxy groups -OCH3 is 1. The molecule has 0 aliphatic rings. The van der Waals surface area contributed by atoms with Crippen LogP contribution in [0.3, 0.4) is 0 Å². The fourth-order valence-electron chi connectivity index (χ4n) is 2.44. The second kappa shape index (κ2) is 15.6. The summed E-state index contributed by atoms with van der Waals surface area (Å²) in [5.41, 5.74) is 13.2. The third-order valence-corrected chi connectivity index (χ3v) is 3.90. The SMILES string of the molecule is COC(=O)C(CCC[NH-])N=C([NH-])C(Cc1ccccc1)(N(O)N=O)N(O)N=O.[Na+].[Na+]. The third-order valence-electron chi connectivity index (χ3n) is 3.90. The maximum absolute atomic E-state index is 11.9. The van der Waals surface area contributed by atoms with Crippen LogP contribution >= 0.6 is 0 Å². The van der Waals surface area contributed by atoms with Crippen molar-refractivity contribution in [3.63, 3.8) is 0 Å². The summed E-state index contributed by atoms with van der Waals surface area (Å²) in [6.07, 6.45) is -0.237. The number of hydrogen-bond donors (Lipinski definition) is 2. The van der Waals surface area contributed by atoms with E-state index in [0.29, 0.717) is 5.56 Å².